The lowest BCUT2D eigenvalue weighted by molar-refractivity contribution is -0.137. The van der Waals surface area contributed by atoms with E-state index < -0.39 is 35.5 Å². The molecule has 1 fully saturated rings. The Balaban J connectivity index is 1.68. The van der Waals surface area contributed by atoms with E-state index >= 15 is 13.2 Å². The maximum Gasteiger partial charge on any atom is 0.417 e. The minimum atomic E-state index is -4.79. The van der Waals surface area contributed by atoms with Crippen LogP contribution in [0.5, 0.6) is 0 Å². The van der Waals surface area contributed by atoms with E-state index in [0.717, 1.165) is 12.1 Å². The molecule has 13 heteroatoms. The van der Waals surface area contributed by atoms with Crippen LogP contribution < -0.4 is 10.6 Å². The predicted molar refractivity (Wildman–Crippen MR) is 163 cm³/mol. The number of aliphatic hydroxyl groups excluding tert-OH is 1. The lowest BCUT2D eigenvalue weighted by Gasteiger charge is -2.46. The molecule has 2 aromatic carbocycles. The molecule has 0 aliphatic carbocycles. The standard InChI is InChI=1S/C31H31F4N5O3S/c1-5-25(41)39-16(2)12-38(13-17(39)3)29-21-10-23(31(33,34)35)26(20-6-7-24(32)19-8-9-36-11-22(19)20)28-27(21)40(30(42)37-29)18(14-43-4)15-44-28/h5-11,16-18,25,41H,1,12-15H2,2-4H3/t16-,17+,18?,25?. The Bertz CT molecular complexity index is 1820. The molecule has 232 valence electrons. The second kappa shape index (κ2) is 11.4. The molecule has 2 aromatic heterocycles. The summed E-state index contributed by atoms with van der Waals surface area (Å²) in [7, 11) is 1.50. The van der Waals surface area contributed by atoms with Crippen LogP contribution in [0.4, 0.5) is 23.4 Å². The van der Waals surface area contributed by atoms with Gasteiger partial charge in [0.1, 0.15) is 17.9 Å². The Kier molecular flexibility index (Phi) is 7.93. The fraction of sp³-hybridized carbons (Fsp3) is 0.387. The van der Waals surface area contributed by atoms with Gasteiger partial charge in [0.15, 0.2) is 0 Å². The van der Waals surface area contributed by atoms with Crippen LogP contribution in [0.1, 0.15) is 25.5 Å². The Morgan fingerprint density at radius 3 is 2.57 bits per heavy atom. The number of nitrogens with zero attached hydrogens (tertiary/aromatic N) is 5. The van der Waals surface area contributed by atoms with Gasteiger partial charge in [-0.2, -0.15) is 18.2 Å². The lowest BCUT2D eigenvalue weighted by atomic mass is 9.92. The quantitative estimate of drug-likeness (QED) is 0.222. The maximum absolute atomic E-state index is 15.1. The molecule has 4 aromatic rings. The normalized spacial score (nSPS) is 21.6. The van der Waals surface area contributed by atoms with Crippen molar-refractivity contribution in [1.29, 1.82) is 0 Å². The summed E-state index contributed by atoms with van der Waals surface area (Å²) in [5.74, 6) is -0.154. The number of alkyl halides is 3. The predicted octanol–water partition coefficient (Wildman–Crippen LogP) is 5.47. The third kappa shape index (κ3) is 4.95. The van der Waals surface area contributed by atoms with Crippen molar-refractivity contribution < 1.29 is 27.4 Å². The Labute approximate surface area is 255 Å². The summed E-state index contributed by atoms with van der Waals surface area (Å²) in [6, 6.07) is 4.06. The van der Waals surface area contributed by atoms with Crippen LogP contribution in [-0.4, -0.2) is 75.4 Å². The van der Waals surface area contributed by atoms with Crippen molar-refractivity contribution in [1.82, 2.24) is 19.4 Å². The number of anilines is 1. The van der Waals surface area contributed by atoms with Crippen LogP contribution >= 0.6 is 11.8 Å². The highest BCUT2D eigenvalue weighted by Crippen LogP contribution is 2.51. The molecule has 44 heavy (non-hydrogen) atoms. The monoisotopic (exact) mass is 629 g/mol. The molecule has 4 heterocycles. The smallest absolute Gasteiger partial charge is 0.383 e. The molecular formula is C31H31F4N5O3S. The van der Waals surface area contributed by atoms with Gasteiger partial charge < -0.3 is 14.7 Å². The number of methoxy groups -OCH3 is 1. The van der Waals surface area contributed by atoms with E-state index in [4.69, 9.17) is 4.74 Å². The number of hydrogen-bond acceptors (Lipinski definition) is 8. The van der Waals surface area contributed by atoms with E-state index in [1.807, 2.05) is 23.6 Å². The second-order valence-electron chi connectivity index (χ2n) is 11.2. The molecule has 0 saturated carbocycles. The average molecular weight is 630 g/mol. The van der Waals surface area contributed by atoms with Gasteiger partial charge in [0.2, 0.25) is 0 Å². The van der Waals surface area contributed by atoms with Crippen molar-refractivity contribution in [3.63, 3.8) is 0 Å². The number of benzene rings is 2. The zero-order valence-corrected chi connectivity index (χ0v) is 25.1. The second-order valence-corrected chi connectivity index (χ2v) is 12.3. The molecule has 1 saturated heterocycles. The van der Waals surface area contributed by atoms with E-state index in [9.17, 15) is 14.3 Å². The van der Waals surface area contributed by atoms with Gasteiger partial charge >= 0.3 is 11.9 Å². The Hall–Kier alpha value is -3.52. The largest absolute Gasteiger partial charge is 0.417 e. The number of aliphatic hydroxyl groups is 1. The summed E-state index contributed by atoms with van der Waals surface area (Å²) in [6.07, 6.45) is -1.52. The first-order chi connectivity index (χ1) is 21.0. The number of halogens is 4. The number of hydrogen-bond donors (Lipinski definition) is 1. The molecule has 0 spiro atoms. The number of ether oxygens (including phenoxy) is 1. The average Bonchev–Trinajstić information content (AvgIpc) is 2.98. The Morgan fingerprint density at radius 1 is 1.18 bits per heavy atom. The lowest BCUT2D eigenvalue weighted by Crippen LogP contribution is -2.60. The fourth-order valence-electron chi connectivity index (χ4n) is 6.66. The molecule has 8 nitrogen and oxygen atoms in total. The van der Waals surface area contributed by atoms with E-state index in [1.165, 1.54) is 54.0 Å². The van der Waals surface area contributed by atoms with Crippen molar-refractivity contribution in [3.05, 3.63) is 71.2 Å². The van der Waals surface area contributed by atoms with Gasteiger partial charge in [0.05, 0.1) is 23.7 Å². The van der Waals surface area contributed by atoms with Gasteiger partial charge in [0, 0.05) is 77.0 Å². The van der Waals surface area contributed by atoms with Crippen molar-refractivity contribution in [2.24, 2.45) is 0 Å². The van der Waals surface area contributed by atoms with Gasteiger partial charge in [-0.25, -0.2) is 9.18 Å². The fourth-order valence-corrected chi connectivity index (χ4v) is 7.97. The highest BCUT2D eigenvalue weighted by molar-refractivity contribution is 7.99. The number of rotatable bonds is 6. The van der Waals surface area contributed by atoms with Crippen LogP contribution in [0.25, 0.3) is 32.8 Å². The first-order valence-corrected chi connectivity index (χ1v) is 15.1. The number of thioether (sulfide) groups is 1. The van der Waals surface area contributed by atoms with Crippen molar-refractivity contribution in [2.45, 2.75) is 49.3 Å². The van der Waals surface area contributed by atoms with Crippen LogP contribution in [0.2, 0.25) is 0 Å². The van der Waals surface area contributed by atoms with Crippen LogP contribution in [0.15, 0.2) is 59.0 Å². The molecule has 6 rings (SSSR count). The first-order valence-electron chi connectivity index (χ1n) is 14.1. The van der Waals surface area contributed by atoms with E-state index in [0.29, 0.717) is 18.6 Å². The molecule has 0 amide bonds. The zero-order chi connectivity index (χ0) is 31.5. The van der Waals surface area contributed by atoms with Gasteiger partial charge in [-0.3, -0.25) is 14.5 Å². The van der Waals surface area contributed by atoms with Crippen molar-refractivity contribution in [2.75, 3.05) is 37.5 Å². The first kappa shape index (κ1) is 30.5. The summed E-state index contributed by atoms with van der Waals surface area (Å²) in [5.41, 5.74) is -1.14. The molecule has 2 aliphatic heterocycles. The summed E-state index contributed by atoms with van der Waals surface area (Å²) < 4.78 is 66.8. The molecule has 1 N–H and O–H groups in total. The zero-order valence-electron chi connectivity index (χ0n) is 24.3. The molecule has 0 radical (unpaired) electrons. The summed E-state index contributed by atoms with van der Waals surface area (Å²) in [4.78, 5) is 26.2. The minimum Gasteiger partial charge on any atom is -0.383 e. The highest BCUT2D eigenvalue weighted by atomic mass is 32.2. The maximum atomic E-state index is 15.1. The number of pyridine rings is 1. The molecule has 2 aliphatic rings. The van der Waals surface area contributed by atoms with Gasteiger partial charge in [-0.15, -0.1) is 11.8 Å². The SMILES string of the molecule is C=CC(O)N1[C@H](C)CN(c2nc(=O)n3c4c(c(-c5ccc(F)c6ccncc56)c(C(F)(F)F)cc24)SCC3COC)C[C@@H]1C. The van der Waals surface area contributed by atoms with E-state index in [-0.39, 0.29) is 62.4 Å². The number of fused-ring (bicyclic) bond motifs is 1. The van der Waals surface area contributed by atoms with E-state index in [2.05, 4.69) is 16.5 Å². The third-order valence-corrected chi connectivity index (χ3v) is 9.67. The molecule has 4 atom stereocenters. The topological polar surface area (TPSA) is 83.7 Å². The van der Waals surface area contributed by atoms with Crippen molar-refractivity contribution >= 4 is 39.3 Å². The van der Waals surface area contributed by atoms with Gasteiger partial charge in [-0.05, 0) is 43.7 Å². The van der Waals surface area contributed by atoms with Crippen LogP contribution in [0, 0.1) is 5.82 Å². The number of aromatic nitrogens is 3. The highest BCUT2D eigenvalue weighted by Gasteiger charge is 2.41. The molecule has 0 bridgehead atoms. The minimum absolute atomic E-state index is 0.130. The summed E-state index contributed by atoms with van der Waals surface area (Å²) in [5, 5.41) is 11.1. The Morgan fingerprint density at radius 2 is 1.91 bits per heavy atom. The van der Waals surface area contributed by atoms with Crippen LogP contribution in [0.3, 0.4) is 0 Å². The number of piperazine rings is 1. The van der Waals surface area contributed by atoms with E-state index in [1.54, 1.807) is 0 Å². The van der Waals surface area contributed by atoms with Gasteiger partial charge in [0.25, 0.3) is 0 Å². The molecular weight excluding hydrogens is 598 g/mol. The van der Waals surface area contributed by atoms with Gasteiger partial charge in [-0.1, -0.05) is 12.6 Å². The molecule has 2 unspecified atom stereocenters. The third-order valence-electron chi connectivity index (χ3n) is 8.43. The summed E-state index contributed by atoms with van der Waals surface area (Å²) >= 11 is 1.21. The summed E-state index contributed by atoms with van der Waals surface area (Å²) in [6.45, 7) is 8.24. The van der Waals surface area contributed by atoms with Crippen molar-refractivity contribution in [3.8, 4) is 11.1 Å². The van der Waals surface area contributed by atoms with Crippen LogP contribution in [-0.2, 0) is 10.9 Å².